The molecule has 1 aromatic rings. The first-order valence-electron chi connectivity index (χ1n) is 6.52. The van der Waals surface area contributed by atoms with Crippen molar-refractivity contribution in [1.82, 2.24) is 0 Å². The van der Waals surface area contributed by atoms with Gasteiger partial charge in [0.1, 0.15) is 16.9 Å². The predicted molar refractivity (Wildman–Crippen MR) is 75.9 cm³/mol. The second-order valence-corrected chi connectivity index (χ2v) is 5.22. The van der Waals surface area contributed by atoms with Crippen LogP contribution in [0.2, 0.25) is 0 Å². The summed E-state index contributed by atoms with van der Waals surface area (Å²) in [5.74, 6) is -0.0189. The summed E-state index contributed by atoms with van der Waals surface area (Å²) in [5, 5.41) is 0. The summed E-state index contributed by atoms with van der Waals surface area (Å²) < 4.78 is 5.28. The Morgan fingerprint density at radius 2 is 1.95 bits per heavy atom. The molecule has 0 fully saturated rings. The highest BCUT2D eigenvalue weighted by Crippen LogP contribution is 2.29. The number of carbonyl (C=O) groups is 2. The van der Waals surface area contributed by atoms with E-state index in [0.29, 0.717) is 24.2 Å². The van der Waals surface area contributed by atoms with Crippen molar-refractivity contribution >= 4 is 23.9 Å². The van der Waals surface area contributed by atoms with Gasteiger partial charge in [0, 0.05) is 5.56 Å². The molecular weight excluding hydrogens is 264 g/mol. The van der Waals surface area contributed by atoms with E-state index in [4.69, 9.17) is 16.3 Å². The monoisotopic (exact) mass is 282 g/mol. The maximum atomic E-state index is 12.1. The zero-order chi connectivity index (χ0) is 14.3. The van der Waals surface area contributed by atoms with Crippen molar-refractivity contribution < 1.29 is 14.3 Å². The topological polar surface area (TPSA) is 43.4 Å². The Bertz CT molecular complexity index is 428. The van der Waals surface area contributed by atoms with Crippen molar-refractivity contribution in [3.05, 3.63) is 29.8 Å². The summed E-state index contributed by atoms with van der Waals surface area (Å²) in [6.45, 7) is 3.93. The second-order valence-electron chi connectivity index (χ2n) is 4.50. The first-order chi connectivity index (χ1) is 9.05. The van der Waals surface area contributed by atoms with Crippen molar-refractivity contribution in [3.63, 3.8) is 0 Å². The Morgan fingerprint density at radius 1 is 1.32 bits per heavy atom. The maximum Gasteiger partial charge on any atom is 0.332 e. The SMILES string of the molecule is CCCCC(Cl)(CC)C(=O)Oc1ccc(C=O)cc1. The minimum Gasteiger partial charge on any atom is -0.425 e. The lowest BCUT2D eigenvalue weighted by Gasteiger charge is -2.23. The molecule has 0 aliphatic carbocycles. The maximum absolute atomic E-state index is 12.1. The number of hydrogen-bond acceptors (Lipinski definition) is 3. The van der Waals surface area contributed by atoms with Gasteiger partial charge in [-0.05, 0) is 37.1 Å². The molecule has 1 aromatic carbocycles. The summed E-state index contributed by atoms with van der Waals surface area (Å²) in [5.41, 5.74) is 0.540. The molecule has 0 aromatic heterocycles. The molecule has 0 saturated carbocycles. The number of rotatable bonds is 7. The fourth-order valence-corrected chi connectivity index (χ4v) is 1.87. The number of halogens is 1. The Hall–Kier alpha value is -1.35. The Balaban J connectivity index is 2.72. The van der Waals surface area contributed by atoms with E-state index in [2.05, 4.69) is 6.92 Å². The zero-order valence-corrected chi connectivity index (χ0v) is 12.1. The van der Waals surface area contributed by atoms with Crippen LogP contribution in [0.25, 0.3) is 0 Å². The van der Waals surface area contributed by atoms with E-state index in [-0.39, 0.29) is 0 Å². The van der Waals surface area contributed by atoms with Crippen LogP contribution in [-0.4, -0.2) is 17.1 Å². The molecule has 0 saturated heterocycles. The number of carbonyl (C=O) groups excluding carboxylic acids is 2. The van der Waals surface area contributed by atoms with Crippen LogP contribution in [0.15, 0.2) is 24.3 Å². The molecule has 0 amide bonds. The molecular formula is C15H19ClO3. The standard InChI is InChI=1S/C15H19ClO3/c1-3-5-10-15(16,4-2)14(18)19-13-8-6-12(11-17)7-9-13/h6-9,11H,3-5,10H2,1-2H3. The third kappa shape index (κ3) is 4.35. The molecule has 3 nitrogen and oxygen atoms in total. The number of benzene rings is 1. The molecule has 0 aliphatic heterocycles. The summed E-state index contributed by atoms with van der Waals surface area (Å²) in [7, 11) is 0. The quantitative estimate of drug-likeness (QED) is 0.329. The van der Waals surface area contributed by atoms with Crippen LogP contribution in [0, 0.1) is 0 Å². The molecule has 0 aliphatic rings. The molecule has 0 heterocycles. The lowest BCUT2D eigenvalue weighted by molar-refractivity contribution is -0.137. The Kier molecular flexibility index (Phi) is 6.03. The van der Waals surface area contributed by atoms with Crippen molar-refractivity contribution in [2.45, 2.75) is 44.4 Å². The van der Waals surface area contributed by atoms with Crippen LogP contribution >= 0.6 is 11.6 Å². The third-order valence-electron chi connectivity index (χ3n) is 3.08. The average molecular weight is 283 g/mol. The van der Waals surface area contributed by atoms with E-state index in [1.165, 1.54) is 0 Å². The molecule has 19 heavy (non-hydrogen) atoms. The van der Waals surface area contributed by atoms with Gasteiger partial charge in [0.05, 0.1) is 0 Å². The molecule has 1 unspecified atom stereocenters. The van der Waals surface area contributed by atoms with Gasteiger partial charge < -0.3 is 4.74 Å². The van der Waals surface area contributed by atoms with Gasteiger partial charge in [-0.25, -0.2) is 4.79 Å². The van der Waals surface area contributed by atoms with Crippen LogP contribution in [0.1, 0.15) is 49.9 Å². The van der Waals surface area contributed by atoms with Gasteiger partial charge in [0.2, 0.25) is 0 Å². The van der Waals surface area contributed by atoms with Gasteiger partial charge in [-0.15, -0.1) is 11.6 Å². The fraction of sp³-hybridized carbons (Fsp3) is 0.467. The molecule has 104 valence electrons. The van der Waals surface area contributed by atoms with E-state index >= 15 is 0 Å². The van der Waals surface area contributed by atoms with Crippen LogP contribution in [0.3, 0.4) is 0 Å². The van der Waals surface area contributed by atoms with E-state index in [9.17, 15) is 9.59 Å². The second kappa shape index (κ2) is 7.29. The minimum absolute atomic E-state index is 0.408. The number of unbranched alkanes of at least 4 members (excludes halogenated alkanes) is 1. The number of alkyl halides is 1. The van der Waals surface area contributed by atoms with Crippen LogP contribution in [0.5, 0.6) is 5.75 Å². The first kappa shape index (κ1) is 15.7. The van der Waals surface area contributed by atoms with Gasteiger partial charge in [-0.2, -0.15) is 0 Å². The van der Waals surface area contributed by atoms with Crippen LogP contribution in [-0.2, 0) is 4.79 Å². The number of hydrogen-bond donors (Lipinski definition) is 0. The highest BCUT2D eigenvalue weighted by atomic mass is 35.5. The summed E-state index contributed by atoms with van der Waals surface area (Å²) >= 11 is 6.33. The highest BCUT2D eigenvalue weighted by molar-refractivity contribution is 6.34. The fourth-order valence-electron chi connectivity index (χ4n) is 1.69. The summed E-state index contributed by atoms with van der Waals surface area (Å²) in [4.78, 5) is 21.7. The molecule has 4 heteroatoms. The van der Waals surface area contributed by atoms with Gasteiger partial charge in [0.25, 0.3) is 0 Å². The van der Waals surface area contributed by atoms with E-state index in [1.54, 1.807) is 24.3 Å². The van der Waals surface area contributed by atoms with Gasteiger partial charge in [-0.1, -0.05) is 26.7 Å². The predicted octanol–water partition coefficient (Wildman–Crippen LogP) is 3.98. The molecule has 1 rings (SSSR count). The highest BCUT2D eigenvalue weighted by Gasteiger charge is 2.35. The van der Waals surface area contributed by atoms with Crippen molar-refractivity contribution in [3.8, 4) is 5.75 Å². The summed E-state index contributed by atoms with van der Waals surface area (Å²) in [6, 6.07) is 6.38. The van der Waals surface area contributed by atoms with Crippen molar-refractivity contribution in [1.29, 1.82) is 0 Å². The van der Waals surface area contributed by atoms with Crippen molar-refractivity contribution in [2.75, 3.05) is 0 Å². The normalized spacial score (nSPS) is 13.6. The Labute approximate surface area is 118 Å². The third-order valence-corrected chi connectivity index (χ3v) is 3.69. The lowest BCUT2D eigenvalue weighted by atomic mass is 9.98. The van der Waals surface area contributed by atoms with E-state index in [0.717, 1.165) is 19.1 Å². The molecule has 0 radical (unpaired) electrons. The van der Waals surface area contributed by atoms with Crippen LogP contribution in [0.4, 0.5) is 0 Å². The molecule has 0 bridgehead atoms. The Morgan fingerprint density at radius 3 is 2.42 bits per heavy atom. The molecule has 1 atom stereocenters. The van der Waals surface area contributed by atoms with Crippen LogP contribution < -0.4 is 4.74 Å². The first-order valence-corrected chi connectivity index (χ1v) is 6.90. The van der Waals surface area contributed by atoms with Gasteiger partial charge in [-0.3, -0.25) is 4.79 Å². The zero-order valence-electron chi connectivity index (χ0n) is 11.3. The number of ether oxygens (including phenoxy) is 1. The van der Waals surface area contributed by atoms with E-state index < -0.39 is 10.8 Å². The summed E-state index contributed by atoms with van der Waals surface area (Å²) in [6.07, 6.45) is 3.74. The number of esters is 1. The minimum atomic E-state index is -0.959. The largest absolute Gasteiger partial charge is 0.425 e. The molecule has 0 N–H and O–H groups in total. The smallest absolute Gasteiger partial charge is 0.332 e. The average Bonchev–Trinajstić information content (AvgIpc) is 2.45. The van der Waals surface area contributed by atoms with E-state index in [1.807, 2.05) is 6.92 Å². The van der Waals surface area contributed by atoms with Gasteiger partial charge >= 0.3 is 5.97 Å². The molecule has 0 spiro atoms. The number of aldehydes is 1. The van der Waals surface area contributed by atoms with Gasteiger partial charge in [0.15, 0.2) is 0 Å². The lowest BCUT2D eigenvalue weighted by Crippen LogP contribution is -2.35. The van der Waals surface area contributed by atoms with Crippen molar-refractivity contribution in [2.24, 2.45) is 0 Å².